The second kappa shape index (κ2) is 28.3. The van der Waals surface area contributed by atoms with Crippen LogP contribution in [0.25, 0.3) is 0 Å². The van der Waals surface area contributed by atoms with E-state index in [2.05, 4.69) is 51.4 Å². The summed E-state index contributed by atoms with van der Waals surface area (Å²) >= 11 is 1.02. The van der Waals surface area contributed by atoms with Crippen molar-refractivity contribution in [1.82, 2.24) is 39.9 Å². The van der Waals surface area contributed by atoms with E-state index < -0.39 is 42.0 Å². The number of para-hydroxylation sites is 2. The van der Waals surface area contributed by atoms with E-state index >= 15 is 0 Å². The van der Waals surface area contributed by atoms with Crippen molar-refractivity contribution in [2.24, 2.45) is 0 Å². The number of hydrogen-bond acceptors (Lipinski definition) is 16. The summed E-state index contributed by atoms with van der Waals surface area (Å²) in [5.74, 6) is -2.00. The van der Waals surface area contributed by atoms with Gasteiger partial charge in [0.25, 0.3) is 0 Å². The molecule has 0 aliphatic heterocycles. The average molecular weight is 1080 g/mol. The lowest BCUT2D eigenvalue weighted by Crippen LogP contribution is -2.41. The van der Waals surface area contributed by atoms with E-state index in [1.165, 1.54) is 30.9 Å². The molecule has 0 bridgehead atoms. The van der Waals surface area contributed by atoms with Crippen LogP contribution in [0.3, 0.4) is 0 Å². The van der Waals surface area contributed by atoms with Gasteiger partial charge in [0.2, 0.25) is 30.0 Å². The van der Waals surface area contributed by atoms with Crippen LogP contribution < -0.4 is 41.4 Å². The highest BCUT2D eigenvalue weighted by Crippen LogP contribution is 2.28. The SMILES string of the molecule is COc1cc(CC(=O)N(C)Cc2noc(CC(NC(C)=O)C(=O)O)n2)ccc1NC(=O)Nc1ccccc1C.COc1cc(CC(=O)N(C)Cc2nsc(CC(NC=O)C(=O)O)n2)ccc1NC(=O)Nc1ccccc1C. The highest BCUT2D eigenvalue weighted by Gasteiger charge is 2.24. The van der Waals surface area contributed by atoms with Crippen LogP contribution in [-0.4, -0.2) is 128 Å². The number of hydrogen-bond donors (Lipinski definition) is 8. The Bertz CT molecular complexity index is 3070. The lowest BCUT2D eigenvalue weighted by Gasteiger charge is -2.17. The van der Waals surface area contributed by atoms with Crippen LogP contribution in [0.15, 0.2) is 89.5 Å². The van der Waals surface area contributed by atoms with Crippen molar-refractivity contribution < 1.29 is 62.6 Å². The molecule has 26 heteroatoms. The minimum atomic E-state index is -1.24. The lowest BCUT2D eigenvalue weighted by molar-refractivity contribution is -0.141. The van der Waals surface area contributed by atoms with Gasteiger partial charge in [-0.15, -0.1) is 0 Å². The number of aromatic nitrogens is 4. The molecule has 2 aromatic heterocycles. The molecule has 4 aromatic carbocycles. The van der Waals surface area contributed by atoms with Crippen molar-refractivity contribution in [2.75, 3.05) is 49.6 Å². The molecule has 2 heterocycles. The van der Waals surface area contributed by atoms with E-state index in [4.69, 9.17) is 19.1 Å². The first-order valence-corrected chi connectivity index (χ1v) is 24.2. The largest absolute Gasteiger partial charge is 0.495 e. The smallest absolute Gasteiger partial charge is 0.326 e. The van der Waals surface area contributed by atoms with Gasteiger partial charge in [0.05, 0.1) is 57.9 Å². The molecule has 2 atom stereocenters. The summed E-state index contributed by atoms with van der Waals surface area (Å²) in [6, 6.07) is 21.7. The van der Waals surface area contributed by atoms with Crippen LogP contribution in [0.5, 0.6) is 11.5 Å². The number of urea groups is 2. The van der Waals surface area contributed by atoms with Crippen LogP contribution in [0, 0.1) is 13.8 Å². The van der Waals surface area contributed by atoms with E-state index in [-0.39, 0.29) is 62.3 Å². The molecule has 0 aliphatic rings. The summed E-state index contributed by atoms with van der Waals surface area (Å²) in [5.41, 5.74) is 5.44. The maximum absolute atomic E-state index is 12.8. The fraction of sp³-hybridized carbons (Fsp3) is 0.294. The number of carboxylic acids is 2. The van der Waals surface area contributed by atoms with Crippen molar-refractivity contribution in [3.8, 4) is 11.5 Å². The maximum atomic E-state index is 12.8. The van der Waals surface area contributed by atoms with Crippen LogP contribution in [0.4, 0.5) is 32.3 Å². The van der Waals surface area contributed by atoms with Crippen LogP contribution in [0.1, 0.15) is 51.7 Å². The number of nitrogens with one attached hydrogen (secondary N) is 6. The topological polar surface area (TPSA) is 339 Å². The molecule has 25 nitrogen and oxygen atoms in total. The first-order valence-electron chi connectivity index (χ1n) is 23.4. The molecule has 0 saturated heterocycles. The molecule has 0 radical (unpaired) electrons. The first-order chi connectivity index (χ1) is 36.7. The molecule has 0 spiro atoms. The lowest BCUT2D eigenvalue weighted by atomic mass is 10.1. The number of nitrogens with zero attached hydrogens (tertiary/aromatic N) is 6. The van der Waals surface area contributed by atoms with Gasteiger partial charge in [-0.05, 0) is 84.0 Å². The van der Waals surface area contributed by atoms with E-state index in [0.717, 1.165) is 22.7 Å². The first kappa shape index (κ1) is 58.4. The van der Waals surface area contributed by atoms with Crippen LogP contribution in [-0.2, 0) is 67.5 Å². The third-order valence-corrected chi connectivity index (χ3v) is 11.9. The van der Waals surface area contributed by atoms with Crippen molar-refractivity contribution in [3.05, 3.63) is 130 Å². The molecule has 0 saturated carbocycles. The van der Waals surface area contributed by atoms with Crippen LogP contribution in [0.2, 0.25) is 0 Å². The van der Waals surface area contributed by atoms with Crippen molar-refractivity contribution >= 4 is 82.4 Å². The number of carboxylic acid groups (broad SMARTS) is 2. The van der Waals surface area contributed by atoms with Gasteiger partial charge in [0.1, 0.15) is 28.6 Å². The van der Waals surface area contributed by atoms with E-state index in [0.29, 0.717) is 62.6 Å². The number of carbonyl (C=O) groups is 8. The number of aryl methyl sites for hydroxylation is 2. The number of likely N-dealkylation sites (N-methyl/N-ethyl adjacent to an activating group) is 2. The van der Waals surface area contributed by atoms with E-state index in [1.54, 1.807) is 62.6 Å². The summed E-state index contributed by atoms with van der Waals surface area (Å²) < 4.78 is 20.1. The molecule has 0 aliphatic carbocycles. The van der Waals surface area contributed by atoms with Gasteiger partial charge >= 0.3 is 24.0 Å². The van der Waals surface area contributed by atoms with Crippen molar-refractivity contribution in [2.45, 2.75) is 71.6 Å². The summed E-state index contributed by atoms with van der Waals surface area (Å²) in [5, 5.41) is 38.2. The normalized spacial score (nSPS) is 11.3. The van der Waals surface area contributed by atoms with Gasteiger partial charge in [0, 0.05) is 38.8 Å². The summed E-state index contributed by atoms with van der Waals surface area (Å²) in [6.45, 7) is 5.14. The maximum Gasteiger partial charge on any atom is 0.326 e. The Morgan fingerprint density at radius 2 is 1.14 bits per heavy atom. The number of anilines is 4. The number of rotatable bonds is 23. The zero-order valence-electron chi connectivity index (χ0n) is 43.0. The van der Waals surface area contributed by atoms with Gasteiger partial charge < -0.3 is 65.9 Å². The number of aliphatic carboxylic acids is 2. The van der Waals surface area contributed by atoms with E-state index in [1.807, 2.05) is 50.2 Å². The van der Waals surface area contributed by atoms with E-state index in [9.17, 15) is 43.5 Å². The third kappa shape index (κ3) is 18.2. The number of carbonyl (C=O) groups excluding carboxylic acids is 6. The average Bonchev–Trinajstić information content (AvgIpc) is 4.04. The predicted molar refractivity (Wildman–Crippen MR) is 281 cm³/mol. The third-order valence-electron chi connectivity index (χ3n) is 11.2. The number of ether oxygens (including phenoxy) is 2. The number of methoxy groups -OCH3 is 2. The molecule has 0 fully saturated rings. The van der Waals surface area contributed by atoms with Gasteiger partial charge in [-0.2, -0.15) is 9.36 Å². The molecule has 6 aromatic rings. The molecule has 8 amide bonds. The van der Waals surface area contributed by atoms with Crippen LogP contribution >= 0.6 is 11.5 Å². The van der Waals surface area contributed by atoms with Gasteiger partial charge in [-0.1, -0.05) is 53.7 Å². The van der Waals surface area contributed by atoms with Gasteiger partial charge in [-0.25, -0.2) is 24.2 Å². The Labute approximate surface area is 445 Å². The second-order valence-electron chi connectivity index (χ2n) is 17.1. The molecule has 406 valence electrons. The Morgan fingerprint density at radius 3 is 1.60 bits per heavy atom. The zero-order chi connectivity index (χ0) is 56.2. The highest BCUT2D eigenvalue weighted by molar-refractivity contribution is 7.05. The Kier molecular flexibility index (Phi) is 21.5. The fourth-order valence-electron chi connectivity index (χ4n) is 7.06. The molecule has 77 heavy (non-hydrogen) atoms. The number of benzene rings is 4. The highest BCUT2D eigenvalue weighted by atomic mass is 32.1. The molecular weight excluding hydrogens is 1020 g/mol. The zero-order valence-corrected chi connectivity index (χ0v) is 43.9. The summed E-state index contributed by atoms with van der Waals surface area (Å²) in [6.07, 6.45) is 0.237. The summed E-state index contributed by atoms with van der Waals surface area (Å²) in [7, 11) is 6.12. The number of amides is 8. The molecule has 6 rings (SSSR count). The molecule has 2 unspecified atom stereocenters. The standard InChI is InChI=1S/C26H30N6O7.C25H28N6O6S/c1-15-7-5-6-8-18(15)28-26(37)29-19-10-9-17(11-21(19)38-4)12-24(34)32(3)14-22-30-23(39-31-22)13-20(25(35)36)27-16(2)33;1-15-6-4-5-7-17(15)27-25(36)28-18-9-8-16(10-20(18)37-3)11-23(33)31(2)13-21-29-22(38-30-21)12-19(24(34)35)26-14-32/h5-11,20H,12-14H2,1-4H3,(H,27,33)(H,35,36)(H2,28,29,37);4-10,14,19H,11-13H2,1-3H3,(H,26,32)(H,34,35)(H2,27,28,36). The minimum absolute atomic E-state index is 0.00738. The Hall–Kier alpha value is -9.46. The molecular formula is C51H58N12O13S. The predicted octanol–water partition coefficient (Wildman–Crippen LogP) is 4.81. The van der Waals surface area contributed by atoms with Gasteiger partial charge in [0.15, 0.2) is 11.6 Å². The molecule has 8 N–H and O–H groups in total. The van der Waals surface area contributed by atoms with Crippen molar-refractivity contribution in [1.29, 1.82) is 0 Å². The quantitative estimate of drug-likeness (QED) is 0.0399. The van der Waals surface area contributed by atoms with Gasteiger partial charge in [-0.3, -0.25) is 19.2 Å². The Balaban J connectivity index is 0.000000284. The monoisotopic (exact) mass is 1080 g/mol. The minimum Gasteiger partial charge on any atom is -0.495 e. The van der Waals surface area contributed by atoms with Crippen molar-refractivity contribution in [3.63, 3.8) is 0 Å². The fourth-order valence-corrected chi connectivity index (χ4v) is 7.76. The summed E-state index contributed by atoms with van der Waals surface area (Å²) in [4.78, 5) is 106. The Morgan fingerprint density at radius 1 is 0.662 bits per heavy atom. The second-order valence-corrected chi connectivity index (χ2v) is 17.9.